The van der Waals surface area contributed by atoms with Crippen LogP contribution in [-0.4, -0.2) is 193 Å². The predicted molar refractivity (Wildman–Crippen MR) is 425 cm³/mol. The SMILES string of the molecule is CCCCCCCCCCCCCCCCCCCCCCCCCCC/C=C/CC/C=C/C(O)C(COC1OC(CO)C(OC2OC(CO)C(OC3OC(CO)C(O)C(O)C3O)C(O)C2O)C(O)C1O)NC(=O)CCCCCCCCCCCCCCCCCCCCCCCCCCCCCCCC. The summed E-state index contributed by atoms with van der Waals surface area (Å²) < 4.78 is 34.5. The van der Waals surface area contributed by atoms with Gasteiger partial charge in [-0.2, -0.15) is 0 Å². The standard InChI is InChI=1S/C87H165NO18/c1-3-5-7-9-11-13-15-17-19-21-23-25-27-29-31-33-35-36-38-40-42-44-46-48-50-52-54-56-58-60-62-64-71(92)70(88-75(93)65-63-61-59-57-55-53-51-49-47-45-43-41-39-37-34-32-30-28-26-24-22-20-18-16-14-12-10-8-6-4-2)69-101-85-81(99)78(96)83(73(67-90)103-85)106-87-82(100)79(97)84(74(68-91)104-87)105-86-80(98)77(95)76(94)72(66-89)102-86/h54,56,62,64,70-74,76-87,89-92,94-100H,3-53,55,57-61,63,65-69H2,1-2H3,(H,88,93)/b56-54+,64-62+. The van der Waals surface area contributed by atoms with Gasteiger partial charge in [-0.15, -0.1) is 0 Å². The fourth-order valence-electron chi connectivity index (χ4n) is 15.4. The van der Waals surface area contributed by atoms with Crippen molar-refractivity contribution in [3.05, 3.63) is 24.3 Å². The molecule has 3 heterocycles. The highest BCUT2D eigenvalue weighted by Crippen LogP contribution is 2.34. The van der Waals surface area contributed by atoms with Crippen molar-refractivity contribution in [3.8, 4) is 0 Å². The number of hydrogen-bond acceptors (Lipinski definition) is 18. The molecule has 0 aromatic rings. The van der Waals surface area contributed by atoms with E-state index < -0.39 is 124 Å². The van der Waals surface area contributed by atoms with E-state index in [2.05, 4.69) is 31.3 Å². The van der Waals surface area contributed by atoms with Crippen LogP contribution in [0.5, 0.6) is 0 Å². The van der Waals surface area contributed by atoms with Gasteiger partial charge in [-0.05, 0) is 32.1 Å². The van der Waals surface area contributed by atoms with Crippen molar-refractivity contribution in [1.29, 1.82) is 0 Å². The summed E-state index contributed by atoms with van der Waals surface area (Å²) in [5.74, 6) is -0.276. The third-order valence-corrected chi connectivity index (χ3v) is 22.5. The molecule has 0 aromatic heterocycles. The normalized spacial score (nSPS) is 25.7. The van der Waals surface area contributed by atoms with Crippen LogP contribution < -0.4 is 5.32 Å². The predicted octanol–water partition coefficient (Wildman–Crippen LogP) is 16.5. The van der Waals surface area contributed by atoms with E-state index >= 15 is 0 Å². The highest BCUT2D eigenvalue weighted by molar-refractivity contribution is 5.76. The number of unbranched alkanes of at least 4 members (excludes halogenated alkanes) is 55. The van der Waals surface area contributed by atoms with Gasteiger partial charge >= 0.3 is 0 Å². The fraction of sp³-hybridized carbons (Fsp3) is 0.943. The molecule has 0 aliphatic carbocycles. The second-order valence-corrected chi connectivity index (χ2v) is 32.1. The van der Waals surface area contributed by atoms with Gasteiger partial charge < -0.3 is 89.9 Å². The molecular weight excluding hydrogens is 1350 g/mol. The Morgan fingerprint density at radius 2 is 0.604 bits per heavy atom. The first-order valence-electron chi connectivity index (χ1n) is 44.6. The summed E-state index contributed by atoms with van der Waals surface area (Å²) in [7, 11) is 0. The van der Waals surface area contributed by atoms with Crippen molar-refractivity contribution in [2.24, 2.45) is 0 Å². The van der Waals surface area contributed by atoms with E-state index in [0.717, 1.165) is 38.5 Å². The van der Waals surface area contributed by atoms with Gasteiger partial charge in [0.25, 0.3) is 0 Å². The summed E-state index contributed by atoms with van der Waals surface area (Å²) in [5, 5.41) is 121. The maximum Gasteiger partial charge on any atom is 0.220 e. The average Bonchev–Trinajstić information content (AvgIpc) is 0.781. The van der Waals surface area contributed by atoms with Crippen molar-refractivity contribution in [2.75, 3.05) is 26.4 Å². The maximum atomic E-state index is 13.5. The summed E-state index contributed by atoms with van der Waals surface area (Å²) in [6.45, 7) is 1.80. The lowest BCUT2D eigenvalue weighted by molar-refractivity contribution is -0.379. The number of carbonyl (C=O) groups excluding carboxylic acids is 1. The third kappa shape index (κ3) is 46.4. The minimum Gasteiger partial charge on any atom is -0.394 e. The number of rotatable bonds is 73. The molecule has 1 amide bonds. The van der Waals surface area contributed by atoms with Crippen LogP contribution in [0.4, 0.5) is 0 Å². The molecule has 0 bridgehead atoms. The number of ether oxygens (including phenoxy) is 6. The third-order valence-electron chi connectivity index (χ3n) is 22.5. The Morgan fingerprint density at radius 1 is 0.330 bits per heavy atom. The largest absolute Gasteiger partial charge is 0.394 e. The second kappa shape index (κ2) is 67.7. The van der Waals surface area contributed by atoms with Crippen molar-refractivity contribution in [1.82, 2.24) is 5.32 Å². The fourth-order valence-corrected chi connectivity index (χ4v) is 15.4. The molecule has 0 spiro atoms. The molecule has 3 aliphatic heterocycles. The number of amides is 1. The van der Waals surface area contributed by atoms with Crippen molar-refractivity contribution < 1.29 is 89.4 Å². The lowest BCUT2D eigenvalue weighted by Crippen LogP contribution is -2.66. The van der Waals surface area contributed by atoms with E-state index in [1.54, 1.807) is 6.08 Å². The molecule has 17 unspecified atom stereocenters. The number of aliphatic hydroxyl groups excluding tert-OH is 11. The van der Waals surface area contributed by atoms with E-state index in [9.17, 15) is 61.0 Å². The molecule has 3 fully saturated rings. The summed E-state index contributed by atoms with van der Waals surface area (Å²) in [6, 6.07) is -0.989. The van der Waals surface area contributed by atoms with E-state index in [0.29, 0.717) is 12.8 Å². The lowest BCUT2D eigenvalue weighted by Gasteiger charge is -2.48. The van der Waals surface area contributed by atoms with Gasteiger partial charge in [0.2, 0.25) is 5.91 Å². The van der Waals surface area contributed by atoms with Crippen molar-refractivity contribution >= 4 is 5.91 Å². The van der Waals surface area contributed by atoms with E-state index in [-0.39, 0.29) is 18.9 Å². The summed E-state index contributed by atoms with van der Waals surface area (Å²) in [6.07, 6.45) is 57.7. The molecule has 12 N–H and O–H groups in total. The van der Waals surface area contributed by atoms with Gasteiger partial charge in [-0.3, -0.25) is 4.79 Å². The van der Waals surface area contributed by atoms with Crippen LogP contribution in [0.25, 0.3) is 0 Å². The Kier molecular flexibility index (Phi) is 62.9. The number of hydrogen-bond donors (Lipinski definition) is 12. The van der Waals surface area contributed by atoms with Crippen LogP contribution in [0.15, 0.2) is 24.3 Å². The second-order valence-electron chi connectivity index (χ2n) is 32.1. The van der Waals surface area contributed by atoms with Gasteiger partial charge in [-0.1, -0.05) is 378 Å². The molecule has 626 valence electrons. The molecule has 106 heavy (non-hydrogen) atoms. The molecule has 19 heteroatoms. The van der Waals surface area contributed by atoms with E-state index in [1.807, 2.05) is 6.08 Å². The molecule has 0 radical (unpaired) electrons. The monoisotopic (exact) mass is 1510 g/mol. The van der Waals surface area contributed by atoms with Crippen molar-refractivity contribution in [2.45, 2.75) is 497 Å². The molecule has 19 nitrogen and oxygen atoms in total. The first-order chi connectivity index (χ1) is 51.8. The van der Waals surface area contributed by atoms with Crippen LogP contribution >= 0.6 is 0 Å². The summed E-state index contributed by atoms with van der Waals surface area (Å²) in [5.41, 5.74) is 0. The first kappa shape index (κ1) is 98.5. The molecule has 3 saturated heterocycles. The average molecular weight is 1510 g/mol. The highest BCUT2D eigenvalue weighted by Gasteiger charge is 2.54. The van der Waals surface area contributed by atoms with Gasteiger partial charge in [-0.25, -0.2) is 0 Å². The molecule has 17 atom stereocenters. The molecule has 0 aromatic carbocycles. The minimum absolute atomic E-state index is 0.241. The van der Waals surface area contributed by atoms with Gasteiger partial charge in [0, 0.05) is 6.42 Å². The van der Waals surface area contributed by atoms with Crippen LogP contribution in [0.1, 0.15) is 393 Å². The number of allylic oxidation sites excluding steroid dienone is 3. The first-order valence-corrected chi connectivity index (χ1v) is 44.6. The van der Waals surface area contributed by atoms with Crippen molar-refractivity contribution in [3.63, 3.8) is 0 Å². The number of nitrogens with one attached hydrogen (secondary N) is 1. The summed E-state index contributed by atoms with van der Waals surface area (Å²) in [4.78, 5) is 13.5. The van der Waals surface area contributed by atoms with Gasteiger partial charge in [0.1, 0.15) is 73.2 Å². The van der Waals surface area contributed by atoms with E-state index in [4.69, 9.17) is 28.4 Å². The van der Waals surface area contributed by atoms with Gasteiger partial charge in [0.15, 0.2) is 18.9 Å². The molecular formula is C87H165NO18. The zero-order chi connectivity index (χ0) is 76.7. The Balaban J connectivity index is 1.34. The Labute approximate surface area is 645 Å². The van der Waals surface area contributed by atoms with E-state index in [1.165, 1.54) is 321 Å². The van der Waals surface area contributed by atoms with Crippen LogP contribution in [0.2, 0.25) is 0 Å². The molecule has 3 aliphatic rings. The van der Waals surface area contributed by atoms with Crippen LogP contribution in [0, 0.1) is 0 Å². The zero-order valence-electron chi connectivity index (χ0n) is 67.4. The number of carbonyl (C=O) groups is 1. The van der Waals surface area contributed by atoms with Crippen LogP contribution in [0.3, 0.4) is 0 Å². The highest BCUT2D eigenvalue weighted by atomic mass is 16.8. The summed E-state index contributed by atoms with van der Waals surface area (Å²) >= 11 is 0. The van der Waals surface area contributed by atoms with Gasteiger partial charge in [0.05, 0.1) is 38.6 Å². The van der Waals surface area contributed by atoms with Crippen LogP contribution in [-0.2, 0) is 33.2 Å². The Hall–Kier alpha value is -1.73. The topological polar surface area (TPSA) is 307 Å². The molecule has 3 rings (SSSR count). The minimum atomic E-state index is -1.98. The molecule has 0 saturated carbocycles. The number of aliphatic hydroxyl groups is 11. The zero-order valence-corrected chi connectivity index (χ0v) is 67.4. The smallest absolute Gasteiger partial charge is 0.220 e. The Morgan fingerprint density at radius 3 is 0.943 bits per heavy atom. The maximum absolute atomic E-state index is 13.5. The lowest BCUT2D eigenvalue weighted by atomic mass is 9.96. The quantitative estimate of drug-likeness (QED) is 0.0199. The Bertz CT molecular complexity index is 2000.